The standard InChI is InChI=1S/C13H20O3/c1-4-9-7-12(3)10(15)5-6-13(12,16)11(9)8(2)14/h9,11,16H,4-7H2,1-3H3/t9-,11+,12-,13+/m0/s1. The van der Waals surface area contributed by atoms with E-state index in [1.807, 2.05) is 13.8 Å². The zero-order valence-corrected chi connectivity index (χ0v) is 10.2. The molecule has 0 aromatic rings. The third kappa shape index (κ3) is 1.18. The van der Waals surface area contributed by atoms with E-state index in [2.05, 4.69) is 0 Å². The molecule has 0 aliphatic heterocycles. The molecule has 0 bridgehead atoms. The fraction of sp³-hybridized carbons (Fsp3) is 0.846. The quantitative estimate of drug-likeness (QED) is 0.777. The second-order valence-electron chi connectivity index (χ2n) is 5.64. The molecule has 0 aromatic heterocycles. The highest BCUT2D eigenvalue weighted by molar-refractivity contribution is 5.92. The summed E-state index contributed by atoms with van der Waals surface area (Å²) in [5.41, 5.74) is -1.75. The molecular weight excluding hydrogens is 204 g/mol. The monoisotopic (exact) mass is 224 g/mol. The molecule has 1 N–H and O–H groups in total. The van der Waals surface area contributed by atoms with Gasteiger partial charge in [-0.15, -0.1) is 0 Å². The van der Waals surface area contributed by atoms with Crippen LogP contribution in [-0.4, -0.2) is 22.3 Å². The van der Waals surface area contributed by atoms with Crippen LogP contribution in [0.15, 0.2) is 0 Å². The molecule has 4 atom stereocenters. The SMILES string of the molecule is CC[C@H]1C[C@@]2(C)C(=O)CC[C@@]2(O)[C@@H]1C(C)=O. The molecule has 2 aliphatic carbocycles. The summed E-state index contributed by atoms with van der Waals surface area (Å²) in [5, 5.41) is 10.8. The predicted octanol–water partition coefficient (Wildman–Crippen LogP) is 1.72. The zero-order valence-electron chi connectivity index (χ0n) is 10.2. The Bertz CT molecular complexity index is 349. The van der Waals surface area contributed by atoms with E-state index in [0.29, 0.717) is 19.3 Å². The molecule has 16 heavy (non-hydrogen) atoms. The summed E-state index contributed by atoms with van der Waals surface area (Å²) in [7, 11) is 0. The second-order valence-corrected chi connectivity index (χ2v) is 5.64. The predicted molar refractivity (Wildman–Crippen MR) is 59.9 cm³/mol. The number of hydrogen-bond acceptors (Lipinski definition) is 3. The maximum absolute atomic E-state index is 11.9. The Balaban J connectivity index is 2.46. The normalized spacial score (nSPS) is 47.1. The highest BCUT2D eigenvalue weighted by Crippen LogP contribution is 2.60. The van der Waals surface area contributed by atoms with Gasteiger partial charge in [0.25, 0.3) is 0 Å². The molecule has 0 unspecified atom stereocenters. The first-order chi connectivity index (χ1) is 7.37. The molecule has 2 aliphatic rings. The minimum atomic E-state index is -1.07. The van der Waals surface area contributed by atoms with Crippen LogP contribution < -0.4 is 0 Å². The van der Waals surface area contributed by atoms with Gasteiger partial charge in [-0.1, -0.05) is 13.3 Å². The van der Waals surface area contributed by atoms with Gasteiger partial charge in [-0.25, -0.2) is 0 Å². The first-order valence-corrected chi connectivity index (χ1v) is 6.13. The summed E-state index contributed by atoms with van der Waals surface area (Å²) in [4.78, 5) is 23.7. The molecule has 0 saturated heterocycles. The van der Waals surface area contributed by atoms with Crippen molar-refractivity contribution in [3.05, 3.63) is 0 Å². The van der Waals surface area contributed by atoms with Crippen molar-refractivity contribution in [2.24, 2.45) is 17.3 Å². The topological polar surface area (TPSA) is 54.4 Å². The number of aliphatic hydroxyl groups is 1. The molecule has 0 radical (unpaired) electrons. The van der Waals surface area contributed by atoms with Gasteiger partial charge < -0.3 is 5.11 Å². The number of fused-ring (bicyclic) bond motifs is 1. The Kier molecular flexibility index (Phi) is 2.50. The zero-order chi connectivity index (χ0) is 12.1. The highest BCUT2D eigenvalue weighted by atomic mass is 16.3. The highest BCUT2D eigenvalue weighted by Gasteiger charge is 2.67. The van der Waals surface area contributed by atoms with E-state index in [-0.39, 0.29) is 23.4 Å². The summed E-state index contributed by atoms with van der Waals surface area (Å²) < 4.78 is 0. The molecule has 2 fully saturated rings. The van der Waals surface area contributed by atoms with E-state index in [1.165, 1.54) is 0 Å². The van der Waals surface area contributed by atoms with Gasteiger partial charge >= 0.3 is 0 Å². The summed E-state index contributed by atoms with van der Waals surface area (Å²) >= 11 is 0. The second kappa shape index (κ2) is 3.39. The van der Waals surface area contributed by atoms with E-state index in [0.717, 1.165) is 6.42 Å². The molecule has 2 rings (SSSR count). The summed E-state index contributed by atoms with van der Waals surface area (Å²) in [5.74, 6) is -0.00400. The van der Waals surface area contributed by atoms with Gasteiger partial charge in [0.15, 0.2) is 0 Å². The van der Waals surface area contributed by atoms with Crippen LogP contribution in [0.25, 0.3) is 0 Å². The van der Waals surface area contributed by atoms with Crippen molar-refractivity contribution < 1.29 is 14.7 Å². The van der Waals surface area contributed by atoms with E-state index in [1.54, 1.807) is 6.92 Å². The third-order valence-corrected chi connectivity index (χ3v) is 4.92. The Morgan fingerprint density at radius 1 is 1.56 bits per heavy atom. The maximum Gasteiger partial charge on any atom is 0.141 e. The third-order valence-electron chi connectivity index (χ3n) is 4.92. The van der Waals surface area contributed by atoms with E-state index in [9.17, 15) is 14.7 Å². The van der Waals surface area contributed by atoms with Gasteiger partial charge in [0.05, 0.1) is 11.0 Å². The van der Waals surface area contributed by atoms with Crippen LogP contribution >= 0.6 is 0 Å². The van der Waals surface area contributed by atoms with Gasteiger partial charge in [-0.3, -0.25) is 9.59 Å². The smallest absolute Gasteiger partial charge is 0.141 e. The van der Waals surface area contributed by atoms with E-state index < -0.39 is 11.0 Å². The van der Waals surface area contributed by atoms with Gasteiger partial charge in [0.2, 0.25) is 0 Å². The lowest BCUT2D eigenvalue weighted by Crippen LogP contribution is -2.47. The van der Waals surface area contributed by atoms with Crippen molar-refractivity contribution >= 4 is 11.6 Å². The van der Waals surface area contributed by atoms with Crippen molar-refractivity contribution in [2.75, 3.05) is 0 Å². The Morgan fingerprint density at radius 2 is 2.19 bits per heavy atom. The molecule has 0 spiro atoms. The van der Waals surface area contributed by atoms with Gasteiger partial charge in [-0.05, 0) is 32.6 Å². The average Bonchev–Trinajstić information content (AvgIpc) is 2.56. The number of hydrogen-bond donors (Lipinski definition) is 1. The lowest BCUT2D eigenvalue weighted by atomic mass is 9.74. The average molecular weight is 224 g/mol. The summed E-state index contributed by atoms with van der Waals surface area (Å²) in [6.07, 6.45) is 2.41. The molecule has 90 valence electrons. The van der Waals surface area contributed by atoms with Crippen LogP contribution in [0.5, 0.6) is 0 Å². The van der Waals surface area contributed by atoms with Gasteiger partial charge in [0, 0.05) is 12.3 Å². The van der Waals surface area contributed by atoms with Crippen molar-refractivity contribution in [1.82, 2.24) is 0 Å². The van der Waals surface area contributed by atoms with Crippen molar-refractivity contribution in [3.63, 3.8) is 0 Å². The van der Waals surface area contributed by atoms with Crippen LogP contribution in [0.3, 0.4) is 0 Å². The van der Waals surface area contributed by atoms with E-state index in [4.69, 9.17) is 0 Å². The van der Waals surface area contributed by atoms with Crippen LogP contribution in [0, 0.1) is 17.3 Å². The van der Waals surface area contributed by atoms with Crippen LogP contribution in [0.1, 0.15) is 46.5 Å². The van der Waals surface area contributed by atoms with Crippen LogP contribution in [-0.2, 0) is 9.59 Å². The van der Waals surface area contributed by atoms with Crippen LogP contribution in [0.4, 0.5) is 0 Å². The lowest BCUT2D eigenvalue weighted by molar-refractivity contribution is -0.140. The number of carbonyl (C=O) groups is 2. The van der Waals surface area contributed by atoms with Crippen LogP contribution in [0.2, 0.25) is 0 Å². The molecule has 2 saturated carbocycles. The minimum absolute atomic E-state index is 0.0350. The fourth-order valence-corrected chi connectivity index (χ4v) is 3.97. The number of ketones is 2. The number of Topliss-reactive ketones (excluding diaryl/α,β-unsaturated/α-hetero) is 2. The molecule has 0 amide bonds. The molecule has 3 nitrogen and oxygen atoms in total. The van der Waals surface area contributed by atoms with Crippen molar-refractivity contribution in [3.8, 4) is 0 Å². The molecule has 3 heteroatoms. The largest absolute Gasteiger partial charge is 0.388 e. The summed E-state index contributed by atoms with van der Waals surface area (Å²) in [6, 6.07) is 0. The molecular formula is C13H20O3. The molecule has 0 heterocycles. The number of carbonyl (C=O) groups excluding carboxylic acids is 2. The van der Waals surface area contributed by atoms with Crippen molar-refractivity contribution in [2.45, 2.75) is 52.1 Å². The Morgan fingerprint density at radius 3 is 2.69 bits per heavy atom. The molecule has 0 aromatic carbocycles. The fourth-order valence-electron chi connectivity index (χ4n) is 3.97. The number of rotatable bonds is 2. The first kappa shape index (κ1) is 11.8. The van der Waals surface area contributed by atoms with E-state index >= 15 is 0 Å². The maximum atomic E-state index is 11.9. The minimum Gasteiger partial charge on any atom is -0.388 e. The lowest BCUT2D eigenvalue weighted by Gasteiger charge is -2.35. The Labute approximate surface area is 96.2 Å². The summed E-state index contributed by atoms with van der Waals surface area (Å²) in [6.45, 7) is 5.41. The van der Waals surface area contributed by atoms with Gasteiger partial charge in [-0.2, -0.15) is 0 Å². The first-order valence-electron chi connectivity index (χ1n) is 6.13. The van der Waals surface area contributed by atoms with Gasteiger partial charge in [0.1, 0.15) is 11.6 Å². The Hall–Kier alpha value is -0.700. The van der Waals surface area contributed by atoms with Crippen molar-refractivity contribution in [1.29, 1.82) is 0 Å².